The van der Waals surface area contributed by atoms with Gasteiger partial charge >= 0.3 is 5.97 Å². The molecular formula is C72H135NO5. The molecule has 2 unspecified atom stereocenters. The van der Waals surface area contributed by atoms with E-state index >= 15 is 0 Å². The largest absolute Gasteiger partial charge is 0.466 e. The van der Waals surface area contributed by atoms with Crippen LogP contribution in [0.3, 0.4) is 0 Å². The van der Waals surface area contributed by atoms with Gasteiger partial charge in [-0.1, -0.05) is 319 Å². The van der Waals surface area contributed by atoms with Gasteiger partial charge in [-0.25, -0.2) is 0 Å². The number of allylic oxidation sites excluding steroid dienone is 8. The van der Waals surface area contributed by atoms with Crippen molar-refractivity contribution in [3.63, 3.8) is 0 Å². The highest BCUT2D eigenvalue weighted by molar-refractivity contribution is 5.76. The number of rotatable bonds is 65. The summed E-state index contributed by atoms with van der Waals surface area (Å²) in [7, 11) is 0. The minimum absolute atomic E-state index is 0.000274. The maximum absolute atomic E-state index is 12.5. The molecule has 0 radical (unpaired) electrons. The molecule has 0 rings (SSSR count). The van der Waals surface area contributed by atoms with Gasteiger partial charge in [0.2, 0.25) is 5.91 Å². The van der Waals surface area contributed by atoms with Crippen LogP contribution < -0.4 is 5.32 Å². The van der Waals surface area contributed by atoms with Crippen LogP contribution in [0.4, 0.5) is 0 Å². The molecule has 0 aliphatic rings. The van der Waals surface area contributed by atoms with Gasteiger partial charge in [0, 0.05) is 12.8 Å². The van der Waals surface area contributed by atoms with Gasteiger partial charge < -0.3 is 20.3 Å². The quantitative estimate of drug-likeness (QED) is 0.0320. The molecule has 0 aromatic heterocycles. The lowest BCUT2D eigenvalue weighted by Crippen LogP contribution is -2.45. The van der Waals surface area contributed by atoms with Crippen LogP contribution >= 0.6 is 0 Å². The lowest BCUT2D eigenvalue weighted by atomic mass is 10.0. The number of aliphatic hydroxyl groups is 2. The summed E-state index contributed by atoms with van der Waals surface area (Å²) in [6.07, 6.45) is 87.3. The number of hydrogen-bond donors (Lipinski definition) is 3. The molecule has 78 heavy (non-hydrogen) atoms. The molecule has 6 nitrogen and oxygen atoms in total. The van der Waals surface area contributed by atoms with Crippen LogP contribution in [0.2, 0.25) is 0 Å². The monoisotopic (exact) mass is 1090 g/mol. The summed E-state index contributed by atoms with van der Waals surface area (Å²) < 4.78 is 5.48. The summed E-state index contributed by atoms with van der Waals surface area (Å²) in [5.41, 5.74) is 0. The fourth-order valence-corrected chi connectivity index (χ4v) is 10.8. The van der Waals surface area contributed by atoms with Crippen molar-refractivity contribution < 1.29 is 24.5 Å². The zero-order valence-electron chi connectivity index (χ0n) is 52.4. The van der Waals surface area contributed by atoms with Crippen molar-refractivity contribution in [1.82, 2.24) is 5.32 Å². The first kappa shape index (κ1) is 75.8. The summed E-state index contributed by atoms with van der Waals surface area (Å²) in [4.78, 5) is 24.6. The van der Waals surface area contributed by atoms with E-state index in [2.05, 4.69) is 67.8 Å². The van der Waals surface area contributed by atoms with Gasteiger partial charge in [0.15, 0.2) is 0 Å². The molecule has 1 amide bonds. The minimum atomic E-state index is -0.664. The number of nitrogens with one attached hydrogen (secondary N) is 1. The maximum Gasteiger partial charge on any atom is 0.305 e. The van der Waals surface area contributed by atoms with Crippen molar-refractivity contribution in [3.8, 4) is 0 Å². The van der Waals surface area contributed by atoms with E-state index in [0.717, 1.165) is 57.8 Å². The number of carbonyl (C=O) groups excluding carboxylic acids is 2. The molecule has 0 saturated heterocycles. The third-order valence-electron chi connectivity index (χ3n) is 16.1. The van der Waals surface area contributed by atoms with Gasteiger partial charge in [-0.15, -0.1) is 0 Å². The smallest absolute Gasteiger partial charge is 0.305 e. The minimum Gasteiger partial charge on any atom is -0.466 e. The second-order valence-corrected chi connectivity index (χ2v) is 23.9. The topological polar surface area (TPSA) is 95.9 Å². The van der Waals surface area contributed by atoms with E-state index in [1.807, 2.05) is 0 Å². The first-order valence-electron chi connectivity index (χ1n) is 34.9. The first-order chi connectivity index (χ1) is 38.5. The Kier molecular flexibility index (Phi) is 65.4. The van der Waals surface area contributed by atoms with Crippen molar-refractivity contribution in [2.75, 3.05) is 13.2 Å². The van der Waals surface area contributed by atoms with Crippen molar-refractivity contribution in [1.29, 1.82) is 0 Å². The molecular weight excluding hydrogens is 959 g/mol. The highest BCUT2D eigenvalue weighted by atomic mass is 16.5. The summed E-state index contributed by atoms with van der Waals surface area (Å²) in [6.45, 7) is 4.95. The molecule has 0 fully saturated rings. The fraction of sp³-hybridized carbons (Fsp3) is 0.861. The van der Waals surface area contributed by atoms with Crippen LogP contribution in [0.1, 0.15) is 373 Å². The van der Waals surface area contributed by atoms with E-state index in [4.69, 9.17) is 4.74 Å². The molecule has 2 atom stereocenters. The van der Waals surface area contributed by atoms with Crippen LogP contribution in [0, 0.1) is 0 Å². The molecule has 3 N–H and O–H groups in total. The third kappa shape index (κ3) is 63.0. The standard InChI is InChI=1S/C72H135NO5/c1-3-5-7-9-11-13-15-17-19-38-42-46-50-54-58-62-66-72(77)78-67-63-59-55-51-47-43-39-36-34-32-30-28-26-24-22-20-21-23-25-27-29-31-33-35-37-41-45-49-53-57-61-65-71(76)73-69(68-74)70(75)64-60-56-52-48-44-40-18-16-14-12-10-8-6-4-2/h13,15,19,22,24,28,30,38,69-70,74-75H,3-12,14,16-18,20-21,23,25-27,29,31-37,39-68H2,1-2H3,(H,73,76)/b15-13-,24-22-,30-28-,38-19-. The SMILES string of the molecule is CCCCCC/C=C\C/C=C\CCCCCCCC(=O)OCCCCCCCCCCC/C=C\C/C=C\CCCCCCCCCCCCCCCCCC(=O)NC(CO)C(O)CCCCCCCCCCCCCCCC. The zero-order valence-corrected chi connectivity index (χ0v) is 52.4. The fourth-order valence-electron chi connectivity index (χ4n) is 10.8. The first-order valence-corrected chi connectivity index (χ1v) is 34.9. The van der Waals surface area contributed by atoms with Gasteiger partial charge in [-0.3, -0.25) is 9.59 Å². The van der Waals surface area contributed by atoms with Gasteiger partial charge in [-0.05, 0) is 89.9 Å². The molecule has 0 heterocycles. The van der Waals surface area contributed by atoms with Crippen LogP contribution in [0.15, 0.2) is 48.6 Å². The highest BCUT2D eigenvalue weighted by Crippen LogP contribution is 2.18. The predicted octanol–water partition coefficient (Wildman–Crippen LogP) is 22.5. The van der Waals surface area contributed by atoms with Gasteiger partial charge in [0.25, 0.3) is 0 Å². The lowest BCUT2D eigenvalue weighted by molar-refractivity contribution is -0.143. The van der Waals surface area contributed by atoms with E-state index < -0.39 is 12.1 Å². The number of carbonyl (C=O) groups is 2. The Morgan fingerprint density at radius 2 is 0.641 bits per heavy atom. The van der Waals surface area contributed by atoms with Crippen molar-refractivity contribution in [2.24, 2.45) is 0 Å². The predicted molar refractivity (Wildman–Crippen MR) is 342 cm³/mol. The molecule has 0 bridgehead atoms. The van der Waals surface area contributed by atoms with E-state index in [9.17, 15) is 19.8 Å². The van der Waals surface area contributed by atoms with Crippen molar-refractivity contribution >= 4 is 11.9 Å². The van der Waals surface area contributed by atoms with Crippen molar-refractivity contribution in [3.05, 3.63) is 48.6 Å². The van der Waals surface area contributed by atoms with Crippen molar-refractivity contribution in [2.45, 2.75) is 386 Å². The molecule has 6 heteroatoms. The van der Waals surface area contributed by atoms with Crippen LogP contribution in [-0.4, -0.2) is 47.4 Å². The molecule has 0 saturated carbocycles. The Bertz CT molecular complexity index is 1310. The summed E-state index contributed by atoms with van der Waals surface area (Å²) in [5, 5.41) is 23.3. The number of unbranched alkanes of at least 4 members (excludes halogenated alkanes) is 46. The molecule has 0 aliphatic heterocycles. The van der Waals surface area contributed by atoms with E-state index in [1.165, 1.54) is 283 Å². The summed E-state index contributed by atoms with van der Waals surface area (Å²) in [5.74, 6) is -0.0331. The number of amides is 1. The normalized spacial score (nSPS) is 12.8. The van der Waals surface area contributed by atoms with E-state index in [-0.39, 0.29) is 18.5 Å². The molecule has 0 aromatic rings. The zero-order chi connectivity index (χ0) is 56.4. The molecule has 0 aliphatic carbocycles. The number of esters is 1. The van der Waals surface area contributed by atoms with Gasteiger partial charge in [-0.2, -0.15) is 0 Å². The average molecular weight is 1090 g/mol. The van der Waals surface area contributed by atoms with E-state index in [0.29, 0.717) is 25.9 Å². The summed E-state index contributed by atoms with van der Waals surface area (Å²) >= 11 is 0. The Labute approximate surface area is 486 Å². The Morgan fingerprint density at radius 1 is 0.359 bits per heavy atom. The van der Waals surface area contributed by atoms with E-state index in [1.54, 1.807) is 0 Å². The highest BCUT2D eigenvalue weighted by Gasteiger charge is 2.20. The molecule has 0 spiro atoms. The summed E-state index contributed by atoms with van der Waals surface area (Å²) in [6, 6.07) is -0.541. The van der Waals surface area contributed by atoms with Gasteiger partial charge in [0.05, 0.1) is 25.4 Å². The second kappa shape index (κ2) is 67.3. The number of ether oxygens (including phenoxy) is 1. The maximum atomic E-state index is 12.5. The lowest BCUT2D eigenvalue weighted by Gasteiger charge is -2.22. The average Bonchev–Trinajstić information content (AvgIpc) is 3.44. The Morgan fingerprint density at radius 3 is 0.987 bits per heavy atom. The molecule has 0 aromatic carbocycles. The third-order valence-corrected chi connectivity index (χ3v) is 16.1. The Balaban J connectivity index is 3.39. The van der Waals surface area contributed by atoms with Gasteiger partial charge in [0.1, 0.15) is 0 Å². The van der Waals surface area contributed by atoms with Crippen LogP contribution in [-0.2, 0) is 14.3 Å². The number of hydrogen-bond acceptors (Lipinski definition) is 5. The van der Waals surface area contributed by atoms with Crippen LogP contribution in [0.25, 0.3) is 0 Å². The number of aliphatic hydroxyl groups excluding tert-OH is 2. The Hall–Kier alpha value is -2.18. The van der Waals surface area contributed by atoms with Crippen LogP contribution in [0.5, 0.6) is 0 Å². The second-order valence-electron chi connectivity index (χ2n) is 23.9. The molecule has 458 valence electrons.